The highest BCUT2D eigenvalue weighted by Gasteiger charge is 2.31. The van der Waals surface area contributed by atoms with E-state index < -0.39 is 0 Å². The molecule has 88 valence electrons. The summed E-state index contributed by atoms with van der Waals surface area (Å²) >= 11 is 0. The maximum absolute atomic E-state index is 11.4. The molecule has 0 spiro atoms. The molecule has 0 fully saturated rings. The van der Waals surface area contributed by atoms with E-state index in [-0.39, 0.29) is 11.3 Å². The number of hydrogen-bond donors (Lipinski definition) is 1. The van der Waals surface area contributed by atoms with Crippen LogP contribution in [0.15, 0.2) is 18.2 Å². The molecule has 1 aliphatic heterocycles. The van der Waals surface area contributed by atoms with Crippen LogP contribution in [0.5, 0.6) is 0 Å². The zero-order chi connectivity index (χ0) is 12.3. The average Bonchev–Trinajstić information content (AvgIpc) is 2.21. The van der Waals surface area contributed by atoms with Gasteiger partial charge in [-0.2, -0.15) is 0 Å². The second-order valence-electron chi connectivity index (χ2n) is 4.66. The summed E-state index contributed by atoms with van der Waals surface area (Å²) in [7, 11) is 0. The van der Waals surface area contributed by atoms with E-state index in [9.17, 15) is 4.79 Å². The summed E-state index contributed by atoms with van der Waals surface area (Å²) in [5.41, 5.74) is 3.42. The highest BCUT2D eigenvalue weighted by atomic mass is 16.1. The Kier molecular flexibility index (Phi) is 3.74. The number of carbonyl (C=O) groups excluding carboxylic acids is 1. The number of carbonyl (C=O) groups is 1. The standard InChI is InChI=1S/C12H15NO.C2H6/c1-8-4-5-10-9(6-8)12(2,3)7-11(14)13-10;1-2/h4-6H,7H2,1-3H3,(H,13,14);1-2H3. The molecule has 0 saturated heterocycles. The Balaban J connectivity index is 0.000000606. The first-order chi connectivity index (χ1) is 7.49. The van der Waals surface area contributed by atoms with Gasteiger partial charge in [-0.15, -0.1) is 0 Å². The Bertz CT molecular complexity index is 394. The third kappa shape index (κ3) is 2.43. The van der Waals surface area contributed by atoms with Crippen molar-refractivity contribution >= 4 is 11.6 Å². The van der Waals surface area contributed by atoms with Crippen LogP contribution in [0.1, 0.15) is 45.2 Å². The van der Waals surface area contributed by atoms with Crippen LogP contribution in [0.3, 0.4) is 0 Å². The number of rotatable bonds is 0. The number of hydrogen-bond acceptors (Lipinski definition) is 1. The molecular formula is C14H21NO. The molecular weight excluding hydrogens is 198 g/mol. The number of amides is 1. The van der Waals surface area contributed by atoms with Crippen molar-refractivity contribution in [1.82, 2.24) is 0 Å². The minimum Gasteiger partial charge on any atom is -0.326 e. The van der Waals surface area contributed by atoms with Crippen molar-refractivity contribution in [3.63, 3.8) is 0 Å². The largest absolute Gasteiger partial charge is 0.326 e. The number of aryl methyl sites for hydroxylation is 1. The molecule has 1 amide bonds. The molecule has 0 atom stereocenters. The quantitative estimate of drug-likeness (QED) is 0.709. The van der Waals surface area contributed by atoms with Gasteiger partial charge in [0, 0.05) is 17.5 Å². The SMILES string of the molecule is CC.Cc1ccc2c(c1)C(C)(C)CC(=O)N2. The highest BCUT2D eigenvalue weighted by molar-refractivity contribution is 5.95. The molecule has 2 heteroatoms. The van der Waals surface area contributed by atoms with Crippen LogP contribution >= 0.6 is 0 Å². The van der Waals surface area contributed by atoms with Crippen molar-refractivity contribution in [3.8, 4) is 0 Å². The number of benzene rings is 1. The lowest BCUT2D eigenvalue weighted by Gasteiger charge is -2.32. The van der Waals surface area contributed by atoms with Gasteiger partial charge in [-0.3, -0.25) is 4.79 Å². The first-order valence-electron chi connectivity index (χ1n) is 5.90. The van der Waals surface area contributed by atoms with Crippen molar-refractivity contribution in [2.24, 2.45) is 0 Å². The first kappa shape index (κ1) is 12.8. The molecule has 0 saturated carbocycles. The second-order valence-corrected chi connectivity index (χ2v) is 4.66. The van der Waals surface area contributed by atoms with Gasteiger partial charge in [-0.05, 0) is 18.6 Å². The zero-order valence-electron chi connectivity index (χ0n) is 10.8. The van der Waals surface area contributed by atoms with E-state index in [0.717, 1.165) is 5.69 Å². The fraction of sp³-hybridized carbons (Fsp3) is 0.500. The van der Waals surface area contributed by atoms with Crippen molar-refractivity contribution in [2.75, 3.05) is 5.32 Å². The Morgan fingerprint density at radius 2 is 1.88 bits per heavy atom. The topological polar surface area (TPSA) is 29.1 Å². The summed E-state index contributed by atoms with van der Waals surface area (Å²) in [4.78, 5) is 11.4. The third-order valence-corrected chi connectivity index (χ3v) is 2.78. The fourth-order valence-electron chi connectivity index (χ4n) is 2.02. The molecule has 0 unspecified atom stereocenters. The Morgan fingerprint density at radius 1 is 1.25 bits per heavy atom. The molecule has 0 aromatic heterocycles. The van der Waals surface area contributed by atoms with Crippen molar-refractivity contribution in [2.45, 2.75) is 46.5 Å². The molecule has 1 N–H and O–H groups in total. The summed E-state index contributed by atoms with van der Waals surface area (Å²) in [6, 6.07) is 6.18. The van der Waals surface area contributed by atoms with Crippen molar-refractivity contribution in [1.29, 1.82) is 0 Å². The van der Waals surface area contributed by atoms with Gasteiger partial charge in [0.05, 0.1) is 0 Å². The normalized spacial score (nSPS) is 16.7. The van der Waals surface area contributed by atoms with E-state index in [1.54, 1.807) is 0 Å². The third-order valence-electron chi connectivity index (χ3n) is 2.78. The summed E-state index contributed by atoms with van der Waals surface area (Å²) in [5, 5.41) is 2.90. The minimum atomic E-state index is -0.0380. The van der Waals surface area contributed by atoms with Gasteiger partial charge in [0.25, 0.3) is 0 Å². The second kappa shape index (κ2) is 4.69. The van der Waals surface area contributed by atoms with E-state index in [2.05, 4.69) is 32.2 Å². The van der Waals surface area contributed by atoms with Crippen LogP contribution in [0, 0.1) is 6.92 Å². The Hall–Kier alpha value is -1.31. The summed E-state index contributed by atoms with van der Waals surface area (Å²) < 4.78 is 0. The monoisotopic (exact) mass is 219 g/mol. The molecule has 1 aromatic rings. The van der Waals surface area contributed by atoms with E-state index in [1.165, 1.54) is 11.1 Å². The molecule has 1 heterocycles. The molecule has 0 bridgehead atoms. The molecule has 1 aliphatic rings. The van der Waals surface area contributed by atoms with Crippen LogP contribution in [0.25, 0.3) is 0 Å². The lowest BCUT2D eigenvalue weighted by atomic mass is 9.77. The Labute approximate surface area is 98.1 Å². The van der Waals surface area contributed by atoms with Crippen molar-refractivity contribution < 1.29 is 4.79 Å². The van der Waals surface area contributed by atoms with Crippen LogP contribution in [0.4, 0.5) is 5.69 Å². The van der Waals surface area contributed by atoms with Crippen molar-refractivity contribution in [3.05, 3.63) is 29.3 Å². The average molecular weight is 219 g/mol. The summed E-state index contributed by atoms with van der Waals surface area (Å²) in [5.74, 6) is 0.117. The van der Waals surface area contributed by atoms with Crippen LogP contribution in [-0.2, 0) is 10.2 Å². The van der Waals surface area contributed by atoms with Gasteiger partial charge < -0.3 is 5.32 Å². The van der Waals surface area contributed by atoms with Crippen LogP contribution in [0.2, 0.25) is 0 Å². The maximum Gasteiger partial charge on any atom is 0.225 e. The number of nitrogens with one attached hydrogen (secondary N) is 1. The van der Waals surface area contributed by atoms with Gasteiger partial charge in [-0.1, -0.05) is 45.4 Å². The zero-order valence-corrected chi connectivity index (χ0v) is 10.8. The summed E-state index contributed by atoms with van der Waals surface area (Å²) in [6.07, 6.45) is 0.573. The predicted octanol–water partition coefficient (Wildman–Crippen LogP) is 3.64. The molecule has 0 aliphatic carbocycles. The Morgan fingerprint density at radius 3 is 2.50 bits per heavy atom. The molecule has 1 aromatic carbocycles. The molecule has 2 rings (SSSR count). The van der Waals surface area contributed by atoms with Gasteiger partial charge in [-0.25, -0.2) is 0 Å². The van der Waals surface area contributed by atoms with Gasteiger partial charge >= 0.3 is 0 Å². The molecule has 2 nitrogen and oxygen atoms in total. The van der Waals surface area contributed by atoms with E-state index in [4.69, 9.17) is 0 Å². The number of anilines is 1. The number of fused-ring (bicyclic) bond motifs is 1. The lowest BCUT2D eigenvalue weighted by Crippen LogP contribution is -2.32. The lowest BCUT2D eigenvalue weighted by molar-refractivity contribution is -0.117. The van der Waals surface area contributed by atoms with E-state index in [0.29, 0.717) is 6.42 Å². The van der Waals surface area contributed by atoms with Gasteiger partial charge in [0.1, 0.15) is 0 Å². The minimum absolute atomic E-state index is 0.0380. The maximum atomic E-state index is 11.4. The molecule has 0 radical (unpaired) electrons. The van der Waals surface area contributed by atoms with Gasteiger partial charge in [0.2, 0.25) is 5.91 Å². The first-order valence-corrected chi connectivity index (χ1v) is 5.90. The smallest absolute Gasteiger partial charge is 0.225 e. The van der Waals surface area contributed by atoms with Crippen LogP contribution < -0.4 is 5.32 Å². The van der Waals surface area contributed by atoms with E-state index in [1.807, 2.05) is 26.0 Å². The van der Waals surface area contributed by atoms with E-state index >= 15 is 0 Å². The fourth-order valence-corrected chi connectivity index (χ4v) is 2.02. The van der Waals surface area contributed by atoms with Gasteiger partial charge in [0.15, 0.2) is 0 Å². The highest BCUT2D eigenvalue weighted by Crippen LogP contribution is 2.37. The van der Waals surface area contributed by atoms with Crippen LogP contribution in [-0.4, -0.2) is 5.91 Å². The predicted molar refractivity (Wildman–Crippen MR) is 68.8 cm³/mol. The summed E-state index contributed by atoms with van der Waals surface area (Å²) in [6.45, 7) is 10.3. The molecule has 16 heavy (non-hydrogen) atoms.